The number of carbonyl (C=O) groups is 2. The van der Waals surface area contributed by atoms with Crippen molar-refractivity contribution in [3.05, 3.63) is 12.1 Å². The van der Waals surface area contributed by atoms with E-state index in [2.05, 4.69) is 10.6 Å². The van der Waals surface area contributed by atoms with E-state index < -0.39 is 5.41 Å². The van der Waals surface area contributed by atoms with E-state index in [1.807, 2.05) is 20.8 Å². The maximum atomic E-state index is 12.7. The van der Waals surface area contributed by atoms with Gasteiger partial charge in [0.05, 0.1) is 21.3 Å². The molecule has 7 nitrogen and oxygen atoms in total. The number of ether oxygens (including phenoxy) is 3. The van der Waals surface area contributed by atoms with Gasteiger partial charge in [0, 0.05) is 23.4 Å². The standard InChI is InChI=1S/C18H26N2O5/c1-17(2,3)20-16(22)18(7-8-18)15(21)19-11-9-12(23-4)14(25-6)13(10-11)24-5/h9-10H,7-8H2,1-6H3,(H,19,21)(H,20,22). The Morgan fingerprint density at radius 2 is 1.48 bits per heavy atom. The van der Waals surface area contributed by atoms with E-state index in [9.17, 15) is 9.59 Å². The van der Waals surface area contributed by atoms with Crippen molar-refractivity contribution in [2.75, 3.05) is 26.6 Å². The average molecular weight is 350 g/mol. The molecule has 7 heteroatoms. The van der Waals surface area contributed by atoms with E-state index in [4.69, 9.17) is 14.2 Å². The highest BCUT2D eigenvalue weighted by Crippen LogP contribution is 2.48. The van der Waals surface area contributed by atoms with Crippen LogP contribution in [-0.4, -0.2) is 38.7 Å². The van der Waals surface area contributed by atoms with E-state index >= 15 is 0 Å². The van der Waals surface area contributed by atoms with Crippen molar-refractivity contribution in [1.82, 2.24) is 5.32 Å². The van der Waals surface area contributed by atoms with Crippen LogP contribution >= 0.6 is 0 Å². The predicted octanol–water partition coefficient (Wildman–Crippen LogP) is 2.35. The molecule has 1 aromatic rings. The first-order valence-corrected chi connectivity index (χ1v) is 8.11. The van der Waals surface area contributed by atoms with Crippen LogP contribution in [0.1, 0.15) is 33.6 Å². The smallest absolute Gasteiger partial charge is 0.240 e. The van der Waals surface area contributed by atoms with E-state index in [0.29, 0.717) is 35.8 Å². The second kappa shape index (κ2) is 6.82. The van der Waals surface area contributed by atoms with Crippen molar-refractivity contribution >= 4 is 17.5 Å². The van der Waals surface area contributed by atoms with Crippen molar-refractivity contribution in [1.29, 1.82) is 0 Å². The van der Waals surface area contributed by atoms with Crippen LogP contribution < -0.4 is 24.8 Å². The van der Waals surface area contributed by atoms with Gasteiger partial charge in [-0.25, -0.2) is 0 Å². The molecule has 2 rings (SSSR count). The molecule has 0 atom stereocenters. The van der Waals surface area contributed by atoms with E-state index in [-0.39, 0.29) is 17.4 Å². The number of benzene rings is 1. The molecule has 1 aliphatic carbocycles. The summed E-state index contributed by atoms with van der Waals surface area (Å²) in [4.78, 5) is 25.2. The molecule has 1 aromatic carbocycles. The highest BCUT2D eigenvalue weighted by molar-refractivity contribution is 6.13. The SMILES string of the molecule is COc1cc(NC(=O)C2(C(=O)NC(C)(C)C)CC2)cc(OC)c1OC. The first kappa shape index (κ1) is 18.9. The molecule has 0 radical (unpaired) electrons. The molecule has 1 fully saturated rings. The van der Waals surface area contributed by atoms with Crippen LogP contribution in [0.4, 0.5) is 5.69 Å². The first-order chi connectivity index (χ1) is 11.7. The summed E-state index contributed by atoms with van der Waals surface area (Å²) in [6, 6.07) is 3.27. The van der Waals surface area contributed by atoms with Gasteiger partial charge in [0.25, 0.3) is 0 Å². The molecule has 0 heterocycles. The molecule has 1 aliphatic rings. The minimum atomic E-state index is -1.01. The minimum absolute atomic E-state index is 0.245. The fourth-order valence-electron chi connectivity index (χ4n) is 2.55. The van der Waals surface area contributed by atoms with Crippen LogP contribution in [-0.2, 0) is 9.59 Å². The second-order valence-corrected chi connectivity index (χ2v) is 7.15. The normalized spacial score (nSPS) is 15.1. The predicted molar refractivity (Wildman–Crippen MR) is 94.3 cm³/mol. The number of carbonyl (C=O) groups excluding carboxylic acids is 2. The topological polar surface area (TPSA) is 85.9 Å². The molecule has 0 bridgehead atoms. The number of hydrogen-bond acceptors (Lipinski definition) is 5. The lowest BCUT2D eigenvalue weighted by Gasteiger charge is -2.24. The average Bonchev–Trinajstić information content (AvgIpc) is 3.34. The van der Waals surface area contributed by atoms with Crippen molar-refractivity contribution in [2.24, 2.45) is 5.41 Å². The van der Waals surface area contributed by atoms with Crippen molar-refractivity contribution in [2.45, 2.75) is 39.2 Å². The Bertz CT molecular complexity index is 650. The molecule has 1 saturated carbocycles. The Kier molecular flexibility index (Phi) is 5.15. The monoisotopic (exact) mass is 350 g/mol. The van der Waals surface area contributed by atoms with E-state index in [0.717, 1.165) is 0 Å². The van der Waals surface area contributed by atoms with Gasteiger partial charge in [0.1, 0.15) is 5.41 Å². The number of amides is 2. The summed E-state index contributed by atoms with van der Waals surface area (Å²) in [6.45, 7) is 5.66. The fourth-order valence-corrected chi connectivity index (χ4v) is 2.55. The van der Waals surface area contributed by atoms with Gasteiger partial charge < -0.3 is 24.8 Å². The maximum Gasteiger partial charge on any atom is 0.240 e. The third-order valence-electron chi connectivity index (χ3n) is 4.03. The molecule has 138 valence electrons. The summed E-state index contributed by atoms with van der Waals surface area (Å²) in [7, 11) is 4.51. The Hall–Kier alpha value is -2.44. The molecular formula is C18H26N2O5. The van der Waals surface area contributed by atoms with Gasteiger partial charge >= 0.3 is 0 Å². The largest absolute Gasteiger partial charge is 0.493 e. The summed E-state index contributed by atoms with van der Waals surface area (Å²) in [6.07, 6.45) is 1.07. The molecule has 2 N–H and O–H groups in total. The highest BCUT2D eigenvalue weighted by Gasteiger charge is 2.57. The zero-order valence-corrected chi connectivity index (χ0v) is 15.6. The van der Waals surface area contributed by atoms with Crippen molar-refractivity contribution in [3.8, 4) is 17.2 Å². The number of nitrogens with one attached hydrogen (secondary N) is 2. The molecular weight excluding hydrogens is 324 g/mol. The Balaban J connectivity index is 2.22. The zero-order chi connectivity index (χ0) is 18.8. The Morgan fingerprint density at radius 3 is 1.84 bits per heavy atom. The van der Waals surface area contributed by atoms with Crippen LogP contribution in [0.2, 0.25) is 0 Å². The number of rotatable bonds is 6. The first-order valence-electron chi connectivity index (χ1n) is 8.11. The number of hydrogen-bond donors (Lipinski definition) is 2. The van der Waals surface area contributed by atoms with Gasteiger partial charge in [0.15, 0.2) is 11.5 Å². The van der Waals surface area contributed by atoms with Gasteiger partial charge in [-0.2, -0.15) is 0 Å². The van der Waals surface area contributed by atoms with E-state index in [1.165, 1.54) is 21.3 Å². The van der Waals surface area contributed by atoms with Crippen molar-refractivity contribution < 1.29 is 23.8 Å². The summed E-state index contributed by atoms with van der Waals surface area (Å²) >= 11 is 0. The van der Waals surface area contributed by atoms with Gasteiger partial charge in [-0.1, -0.05) is 0 Å². The third-order valence-corrected chi connectivity index (χ3v) is 4.03. The van der Waals surface area contributed by atoms with Crippen LogP contribution in [0.3, 0.4) is 0 Å². The summed E-state index contributed by atoms with van der Waals surface area (Å²) in [5.74, 6) is 0.727. The molecule has 0 aliphatic heterocycles. The van der Waals surface area contributed by atoms with Crippen molar-refractivity contribution in [3.63, 3.8) is 0 Å². The summed E-state index contributed by atoms with van der Waals surface area (Å²) in [5.41, 5.74) is -0.915. The summed E-state index contributed by atoms with van der Waals surface area (Å²) < 4.78 is 15.8. The minimum Gasteiger partial charge on any atom is -0.493 e. The Morgan fingerprint density at radius 1 is 0.960 bits per heavy atom. The van der Waals surface area contributed by atoms with Crippen LogP contribution in [0, 0.1) is 5.41 Å². The van der Waals surface area contributed by atoms with Gasteiger partial charge in [-0.3, -0.25) is 9.59 Å². The lowest BCUT2D eigenvalue weighted by Crippen LogP contribution is -2.48. The van der Waals surface area contributed by atoms with Gasteiger partial charge in [-0.15, -0.1) is 0 Å². The lowest BCUT2D eigenvalue weighted by atomic mass is 10.0. The third kappa shape index (κ3) is 3.97. The zero-order valence-electron chi connectivity index (χ0n) is 15.6. The molecule has 0 unspecified atom stereocenters. The van der Waals surface area contributed by atoms with Crippen LogP contribution in [0.15, 0.2) is 12.1 Å². The Labute approximate surface area is 148 Å². The van der Waals surface area contributed by atoms with Gasteiger partial charge in [0.2, 0.25) is 17.6 Å². The molecule has 0 aromatic heterocycles. The molecule has 0 spiro atoms. The number of anilines is 1. The second-order valence-electron chi connectivity index (χ2n) is 7.15. The fraction of sp³-hybridized carbons (Fsp3) is 0.556. The van der Waals surface area contributed by atoms with Crippen LogP contribution in [0.25, 0.3) is 0 Å². The maximum absolute atomic E-state index is 12.7. The molecule has 2 amide bonds. The van der Waals surface area contributed by atoms with E-state index in [1.54, 1.807) is 12.1 Å². The van der Waals surface area contributed by atoms with Crippen LogP contribution in [0.5, 0.6) is 17.2 Å². The van der Waals surface area contributed by atoms with Gasteiger partial charge in [-0.05, 0) is 33.6 Å². The highest BCUT2D eigenvalue weighted by atomic mass is 16.5. The summed E-state index contributed by atoms with van der Waals surface area (Å²) in [5, 5.41) is 5.68. The molecule has 25 heavy (non-hydrogen) atoms. The number of methoxy groups -OCH3 is 3. The molecule has 0 saturated heterocycles. The quantitative estimate of drug-likeness (QED) is 0.769. The lowest BCUT2D eigenvalue weighted by molar-refractivity contribution is -0.135.